The quantitative estimate of drug-likeness (QED) is 0.582. The molecule has 33 heavy (non-hydrogen) atoms. The van der Waals surface area contributed by atoms with E-state index in [1.165, 1.54) is 18.2 Å². The second kappa shape index (κ2) is 9.06. The van der Waals surface area contributed by atoms with Crippen LogP contribution in [0.4, 0.5) is 28.9 Å². The van der Waals surface area contributed by atoms with E-state index in [0.29, 0.717) is 37.6 Å². The van der Waals surface area contributed by atoms with Gasteiger partial charge in [0.15, 0.2) is 0 Å². The fraction of sp³-hybridized carbons (Fsp3) is 0.286. The molecule has 12 heteroatoms. The minimum atomic E-state index is -4.60. The van der Waals surface area contributed by atoms with Crippen molar-refractivity contribution in [1.29, 1.82) is 0 Å². The van der Waals surface area contributed by atoms with Gasteiger partial charge in [-0.3, -0.25) is 4.79 Å². The van der Waals surface area contributed by atoms with Crippen molar-refractivity contribution in [3.63, 3.8) is 0 Å². The minimum absolute atomic E-state index is 0.0490. The number of carbonyl (C=O) groups is 1. The molecule has 4 rings (SSSR count). The summed E-state index contributed by atoms with van der Waals surface area (Å²) < 4.78 is 63.8. The molecule has 0 unspecified atom stereocenters. The fourth-order valence-electron chi connectivity index (χ4n) is 3.33. The molecule has 2 heterocycles. The van der Waals surface area contributed by atoms with Crippen LogP contribution in [0.25, 0.3) is 11.5 Å². The van der Waals surface area contributed by atoms with Crippen LogP contribution in [0.3, 0.4) is 0 Å². The second-order valence-electron chi connectivity index (χ2n) is 7.21. The van der Waals surface area contributed by atoms with Gasteiger partial charge in [-0.25, -0.2) is 9.18 Å². The molecular formula is C21H18F4N4O4. The van der Waals surface area contributed by atoms with Crippen molar-refractivity contribution in [3.05, 3.63) is 64.4 Å². The van der Waals surface area contributed by atoms with E-state index < -0.39 is 35.8 Å². The number of anilines is 2. The Balaban J connectivity index is 1.56. The molecule has 8 nitrogen and oxygen atoms in total. The van der Waals surface area contributed by atoms with Crippen molar-refractivity contribution in [2.24, 2.45) is 0 Å². The number of carbonyl (C=O) groups excluding carboxylic acids is 1. The molecule has 1 amide bonds. The maximum atomic E-state index is 13.2. The lowest BCUT2D eigenvalue weighted by Crippen LogP contribution is -2.37. The Bertz CT molecular complexity index is 1200. The lowest BCUT2D eigenvalue weighted by atomic mass is 10.1. The molecule has 174 valence electrons. The highest BCUT2D eigenvalue weighted by Gasteiger charge is 2.32. The van der Waals surface area contributed by atoms with Gasteiger partial charge in [-0.15, -0.1) is 5.10 Å². The van der Waals surface area contributed by atoms with Crippen LogP contribution < -0.4 is 16.0 Å². The lowest BCUT2D eigenvalue weighted by molar-refractivity contribution is -0.137. The van der Waals surface area contributed by atoms with E-state index in [-0.39, 0.29) is 11.6 Å². The van der Waals surface area contributed by atoms with Crippen LogP contribution >= 0.6 is 0 Å². The molecule has 1 aliphatic rings. The van der Waals surface area contributed by atoms with Gasteiger partial charge in [0.1, 0.15) is 12.4 Å². The van der Waals surface area contributed by atoms with Crippen molar-refractivity contribution in [2.75, 3.05) is 36.5 Å². The number of amides is 1. The number of alkyl halides is 3. The molecule has 1 aliphatic heterocycles. The molecular weight excluding hydrogens is 448 g/mol. The predicted molar refractivity (Wildman–Crippen MR) is 109 cm³/mol. The van der Waals surface area contributed by atoms with E-state index in [1.54, 1.807) is 4.90 Å². The third-order valence-corrected chi connectivity index (χ3v) is 4.94. The number of hydrogen-bond acceptors (Lipinski definition) is 6. The summed E-state index contributed by atoms with van der Waals surface area (Å²) in [7, 11) is 0. The number of morpholine rings is 1. The maximum Gasteiger partial charge on any atom is 0.437 e. The first-order valence-electron chi connectivity index (χ1n) is 9.88. The molecule has 0 radical (unpaired) electrons. The summed E-state index contributed by atoms with van der Waals surface area (Å²) in [5.74, 6) is -2.33. The molecule has 0 atom stereocenters. The van der Waals surface area contributed by atoms with Crippen LogP contribution in [0, 0.1) is 5.82 Å². The summed E-state index contributed by atoms with van der Waals surface area (Å²) in [6.45, 7) is 1.09. The topological polar surface area (TPSA) is 89.6 Å². The van der Waals surface area contributed by atoms with E-state index in [0.717, 1.165) is 28.9 Å². The molecule has 0 aliphatic carbocycles. The summed E-state index contributed by atoms with van der Waals surface area (Å²) in [5.41, 5.74) is -0.252. The Hall–Kier alpha value is -3.67. The van der Waals surface area contributed by atoms with E-state index in [9.17, 15) is 27.2 Å². The van der Waals surface area contributed by atoms with Gasteiger partial charge in [0.05, 0.1) is 30.2 Å². The monoisotopic (exact) mass is 466 g/mol. The molecule has 1 saturated heterocycles. The van der Waals surface area contributed by atoms with Crippen LogP contribution in [0.1, 0.15) is 5.56 Å². The van der Waals surface area contributed by atoms with Crippen LogP contribution in [-0.4, -0.2) is 42.0 Å². The van der Waals surface area contributed by atoms with E-state index in [2.05, 4.69) is 10.4 Å². The van der Waals surface area contributed by atoms with Crippen molar-refractivity contribution in [3.8, 4) is 11.5 Å². The molecule has 2 aromatic carbocycles. The Morgan fingerprint density at radius 1 is 1.09 bits per heavy atom. The van der Waals surface area contributed by atoms with Crippen molar-refractivity contribution >= 4 is 17.3 Å². The van der Waals surface area contributed by atoms with E-state index >= 15 is 0 Å². The zero-order valence-corrected chi connectivity index (χ0v) is 17.1. The highest BCUT2D eigenvalue weighted by Crippen LogP contribution is 2.35. The molecule has 0 spiro atoms. The van der Waals surface area contributed by atoms with Crippen molar-refractivity contribution in [1.82, 2.24) is 9.78 Å². The van der Waals surface area contributed by atoms with Crippen LogP contribution in [0.2, 0.25) is 0 Å². The molecule has 1 aromatic heterocycles. The number of nitrogens with one attached hydrogen (secondary N) is 1. The summed E-state index contributed by atoms with van der Waals surface area (Å²) in [6, 6.07) is 8.09. The average molecular weight is 466 g/mol. The van der Waals surface area contributed by atoms with Gasteiger partial charge >= 0.3 is 11.9 Å². The van der Waals surface area contributed by atoms with Crippen LogP contribution in [0.5, 0.6) is 0 Å². The number of aromatic nitrogens is 2. The highest BCUT2D eigenvalue weighted by atomic mass is 19.4. The second-order valence-corrected chi connectivity index (χ2v) is 7.21. The maximum absolute atomic E-state index is 13.2. The highest BCUT2D eigenvalue weighted by molar-refractivity contribution is 5.94. The lowest BCUT2D eigenvalue weighted by Gasteiger charge is -2.31. The Morgan fingerprint density at radius 3 is 2.45 bits per heavy atom. The van der Waals surface area contributed by atoms with Gasteiger partial charge < -0.3 is 19.4 Å². The summed E-state index contributed by atoms with van der Waals surface area (Å²) in [4.78, 5) is 26.5. The molecule has 1 fully saturated rings. The van der Waals surface area contributed by atoms with Crippen LogP contribution in [-0.2, 0) is 22.3 Å². The first-order chi connectivity index (χ1) is 15.7. The molecule has 1 N–H and O–H groups in total. The smallest absolute Gasteiger partial charge is 0.388 e. The summed E-state index contributed by atoms with van der Waals surface area (Å²) in [5, 5.41) is 6.35. The van der Waals surface area contributed by atoms with Crippen molar-refractivity contribution in [2.45, 2.75) is 12.7 Å². The fourth-order valence-corrected chi connectivity index (χ4v) is 3.33. The summed E-state index contributed by atoms with van der Waals surface area (Å²) >= 11 is 0. The van der Waals surface area contributed by atoms with Crippen molar-refractivity contribution < 1.29 is 31.5 Å². The first kappa shape index (κ1) is 22.5. The van der Waals surface area contributed by atoms with Gasteiger partial charge in [0, 0.05) is 18.7 Å². The first-order valence-corrected chi connectivity index (χ1v) is 9.88. The van der Waals surface area contributed by atoms with E-state index in [1.807, 2.05) is 0 Å². The van der Waals surface area contributed by atoms with E-state index in [4.69, 9.17) is 9.15 Å². The van der Waals surface area contributed by atoms with Gasteiger partial charge in [-0.1, -0.05) is 0 Å². The standard InChI is InChI=1S/C21H18F4N4O4/c22-15-4-1-13(2-5-15)19-27-29(20(31)33-19)12-18(30)26-16-11-14(21(23,24)25)3-6-17(16)28-7-9-32-10-8-28/h1-6,11H,7-10,12H2,(H,26,30). The number of rotatable bonds is 5. The number of benzene rings is 2. The van der Waals surface area contributed by atoms with Gasteiger partial charge in [-0.05, 0) is 42.5 Å². The number of hydrogen-bond donors (Lipinski definition) is 1. The molecule has 3 aromatic rings. The SMILES string of the molecule is O=C(Cn1nc(-c2ccc(F)cc2)oc1=O)Nc1cc(C(F)(F)F)ccc1N1CCOCC1. The zero-order chi connectivity index (χ0) is 23.6. The summed E-state index contributed by atoms with van der Waals surface area (Å²) in [6.07, 6.45) is -4.60. The zero-order valence-electron chi connectivity index (χ0n) is 17.1. The number of halogens is 4. The predicted octanol–water partition coefficient (Wildman–Crippen LogP) is 3.14. The number of ether oxygens (including phenoxy) is 1. The van der Waals surface area contributed by atoms with Gasteiger partial charge in [0.25, 0.3) is 0 Å². The molecule has 0 bridgehead atoms. The Kier molecular flexibility index (Phi) is 6.18. The van der Waals surface area contributed by atoms with Gasteiger partial charge in [-0.2, -0.15) is 17.9 Å². The normalized spacial score (nSPS) is 14.4. The van der Waals surface area contributed by atoms with Gasteiger partial charge in [0.2, 0.25) is 11.8 Å². The third kappa shape index (κ3) is 5.22. The Morgan fingerprint density at radius 2 is 1.79 bits per heavy atom. The third-order valence-electron chi connectivity index (χ3n) is 4.94. The average Bonchev–Trinajstić information content (AvgIpc) is 3.14. The molecule has 0 saturated carbocycles. The number of nitrogens with zero attached hydrogens (tertiary/aromatic N) is 3. The minimum Gasteiger partial charge on any atom is -0.388 e. The largest absolute Gasteiger partial charge is 0.437 e. The Labute approximate surface area is 184 Å². The van der Waals surface area contributed by atoms with Crippen LogP contribution in [0.15, 0.2) is 51.7 Å².